The first-order valence-electron chi connectivity index (χ1n) is 11.5. The van der Waals surface area contributed by atoms with Gasteiger partial charge in [-0.15, -0.1) is 0 Å². The Morgan fingerprint density at radius 3 is 2.54 bits per heavy atom. The molecule has 1 heteroatoms. The highest BCUT2D eigenvalue weighted by Crippen LogP contribution is 2.49. The van der Waals surface area contributed by atoms with Crippen LogP contribution in [0.5, 0.6) is 0 Å². The maximum Gasteiger partial charge on any atom is 0.130 e. The molecule has 5 unspecified atom stereocenters. The minimum Gasteiger partial charge on any atom is -0.206 e. The largest absolute Gasteiger partial charge is 0.206 e. The molecule has 5 atom stereocenters. The minimum absolute atomic E-state index is 0.183. The van der Waals surface area contributed by atoms with Crippen molar-refractivity contribution in [2.45, 2.75) is 96.8 Å². The second-order valence-corrected chi connectivity index (χ2v) is 9.62. The average molecular weight is 357 g/mol. The average Bonchev–Trinajstić information content (AvgIpc) is 2.68. The fourth-order valence-corrected chi connectivity index (χ4v) is 6.51. The third-order valence-corrected chi connectivity index (χ3v) is 8.12. The molecule has 0 spiro atoms. The van der Waals surface area contributed by atoms with Crippen molar-refractivity contribution in [3.63, 3.8) is 0 Å². The SMILES string of the molecule is CCCC1CCc2c(ccc(C3CCC4CC(CC)CCC4C3)c2F)C1. The monoisotopic (exact) mass is 356 g/mol. The van der Waals surface area contributed by atoms with Crippen LogP contribution in [0, 0.1) is 29.5 Å². The lowest BCUT2D eigenvalue weighted by atomic mass is 9.63. The first kappa shape index (κ1) is 18.5. The molecule has 0 nitrogen and oxygen atoms in total. The van der Waals surface area contributed by atoms with E-state index in [1.54, 1.807) is 0 Å². The Kier molecular flexibility index (Phi) is 5.72. The molecule has 0 heterocycles. The summed E-state index contributed by atoms with van der Waals surface area (Å²) in [6.07, 6.45) is 15.2. The fourth-order valence-electron chi connectivity index (χ4n) is 6.51. The number of hydrogen-bond acceptors (Lipinski definition) is 0. The van der Waals surface area contributed by atoms with Crippen LogP contribution < -0.4 is 0 Å². The third kappa shape index (κ3) is 3.60. The van der Waals surface area contributed by atoms with Crippen LogP contribution in [0.25, 0.3) is 0 Å². The van der Waals surface area contributed by atoms with Crippen LogP contribution >= 0.6 is 0 Å². The Morgan fingerprint density at radius 1 is 0.923 bits per heavy atom. The van der Waals surface area contributed by atoms with Gasteiger partial charge in [-0.25, -0.2) is 4.39 Å². The maximum absolute atomic E-state index is 15.4. The summed E-state index contributed by atoms with van der Waals surface area (Å²) in [5.41, 5.74) is 3.45. The van der Waals surface area contributed by atoms with Crippen molar-refractivity contribution in [2.24, 2.45) is 23.7 Å². The lowest BCUT2D eigenvalue weighted by Crippen LogP contribution is -2.30. The molecule has 0 aliphatic heterocycles. The summed E-state index contributed by atoms with van der Waals surface area (Å²) in [5, 5.41) is 0. The molecular weight excluding hydrogens is 319 g/mol. The van der Waals surface area contributed by atoms with E-state index in [-0.39, 0.29) is 5.82 Å². The summed E-state index contributed by atoms with van der Waals surface area (Å²) in [6, 6.07) is 4.46. The normalized spacial score (nSPS) is 34.2. The Labute approximate surface area is 160 Å². The number of fused-ring (bicyclic) bond motifs is 2. The first-order chi connectivity index (χ1) is 12.7. The van der Waals surface area contributed by atoms with Crippen LogP contribution in [0.1, 0.15) is 101 Å². The van der Waals surface area contributed by atoms with Crippen LogP contribution in [-0.4, -0.2) is 0 Å². The van der Waals surface area contributed by atoms with E-state index in [1.807, 2.05) is 0 Å². The van der Waals surface area contributed by atoms with Gasteiger partial charge in [-0.3, -0.25) is 0 Å². The van der Waals surface area contributed by atoms with Gasteiger partial charge in [-0.1, -0.05) is 51.7 Å². The lowest BCUT2D eigenvalue weighted by molar-refractivity contribution is 0.115. The van der Waals surface area contributed by atoms with Crippen LogP contribution in [0.3, 0.4) is 0 Å². The molecule has 1 aromatic rings. The van der Waals surface area contributed by atoms with Gasteiger partial charge in [0.2, 0.25) is 0 Å². The summed E-state index contributed by atoms with van der Waals surface area (Å²) in [7, 11) is 0. The molecule has 2 fully saturated rings. The van der Waals surface area contributed by atoms with Crippen molar-refractivity contribution in [3.05, 3.63) is 34.6 Å². The van der Waals surface area contributed by atoms with Gasteiger partial charge >= 0.3 is 0 Å². The van der Waals surface area contributed by atoms with Crippen molar-refractivity contribution >= 4 is 0 Å². The molecular formula is C25H37F. The van der Waals surface area contributed by atoms with Gasteiger partial charge in [-0.05, 0) is 97.6 Å². The van der Waals surface area contributed by atoms with E-state index in [4.69, 9.17) is 0 Å². The number of rotatable bonds is 4. The molecule has 144 valence electrons. The first-order valence-corrected chi connectivity index (χ1v) is 11.5. The smallest absolute Gasteiger partial charge is 0.130 e. The molecule has 0 aromatic heterocycles. The Hall–Kier alpha value is -0.850. The molecule has 4 rings (SSSR count). The van der Waals surface area contributed by atoms with Crippen LogP contribution in [0.15, 0.2) is 12.1 Å². The predicted molar refractivity (Wildman–Crippen MR) is 108 cm³/mol. The van der Waals surface area contributed by atoms with Gasteiger partial charge < -0.3 is 0 Å². The van der Waals surface area contributed by atoms with E-state index in [0.717, 1.165) is 47.6 Å². The highest BCUT2D eigenvalue weighted by molar-refractivity contribution is 5.38. The van der Waals surface area contributed by atoms with Crippen molar-refractivity contribution in [1.82, 2.24) is 0 Å². The van der Waals surface area contributed by atoms with Gasteiger partial charge in [0.1, 0.15) is 5.82 Å². The summed E-state index contributed by atoms with van der Waals surface area (Å²) in [4.78, 5) is 0. The summed E-state index contributed by atoms with van der Waals surface area (Å²) in [6.45, 7) is 4.62. The molecule has 0 N–H and O–H groups in total. The quantitative estimate of drug-likeness (QED) is 0.526. The summed E-state index contributed by atoms with van der Waals surface area (Å²) < 4.78 is 15.4. The van der Waals surface area contributed by atoms with E-state index in [9.17, 15) is 0 Å². The molecule has 26 heavy (non-hydrogen) atoms. The molecule has 0 radical (unpaired) electrons. The van der Waals surface area contributed by atoms with Gasteiger partial charge in [0.15, 0.2) is 0 Å². The molecule has 0 amide bonds. The van der Waals surface area contributed by atoms with Gasteiger partial charge in [0.05, 0.1) is 0 Å². The lowest BCUT2D eigenvalue weighted by Gasteiger charge is -2.42. The Balaban J connectivity index is 1.48. The van der Waals surface area contributed by atoms with Crippen molar-refractivity contribution in [2.75, 3.05) is 0 Å². The second kappa shape index (κ2) is 8.03. The number of hydrogen-bond donors (Lipinski definition) is 0. The highest BCUT2D eigenvalue weighted by atomic mass is 19.1. The van der Waals surface area contributed by atoms with Gasteiger partial charge in [0, 0.05) is 0 Å². The highest BCUT2D eigenvalue weighted by Gasteiger charge is 2.36. The van der Waals surface area contributed by atoms with E-state index >= 15 is 4.39 Å². The van der Waals surface area contributed by atoms with Crippen molar-refractivity contribution in [1.29, 1.82) is 0 Å². The maximum atomic E-state index is 15.4. The molecule has 3 aliphatic rings. The van der Waals surface area contributed by atoms with Crippen LogP contribution in [0.2, 0.25) is 0 Å². The zero-order chi connectivity index (χ0) is 18.1. The van der Waals surface area contributed by atoms with Gasteiger partial charge in [0.25, 0.3) is 0 Å². The molecule has 0 saturated heterocycles. The zero-order valence-corrected chi connectivity index (χ0v) is 16.9. The summed E-state index contributed by atoms with van der Waals surface area (Å²) >= 11 is 0. The molecule has 1 aromatic carbocycles. The molecule has 0 bridgehead atoms. The summed E-state index contributed by atoms with van der Waals surface area (Å²) in [5.74, 6) is 4.20. The van der Waals surface area contributed by atoms with E-state index in [1.165, 1.54) is 69.8 Å². The second-order valence-electron chi connectivity index (χ2n) is 9.62. The predicted octanol–water partition coefficient (Wildman–Crippen LogP) is 7.44. The van der Waals surface area contributed by atoms with Gasteiger partial charge in [-0.2, -0.15) is 0 Å². The number of halogens is 1. The van der Waals surface area contributed by atoms with E-state index < -0.39 is 0 Å². The Morgan fingerprint density at radius 2 is 1.73 bits per heavy atom. The van der Waals surface area contributed by atoms with Crippen LogP contribution in [-0.2, 0) is 12.8 Å². The van der Waals surface area contributed by atoms with E-state index in [0.29, 0.717) is 5.92 Å². The fraction of sp³-hybridized carbons (Fsp3) is 0.760. The van der Waals surface area contributed by atoms with Crippen LogP contribution in [0.4, 0.5) is 4.39 Å². The Bertz CT molecular complexity index is 619. The van der Waals surface area contributed by atoms with E-state index in [2.05, 4.69) is 26.0 Å². The van der Waals surface area contributed by atoms with Crippen molar-refractivity contribution in [3.8, 4) is 0 Å². The topological polar surface area (TPSA) is 0 Å². The molecule has 2 saturated carbocycles. The standard InChI is InChI=1S/C25H37F/c1-3-5-18-7-12-23-21(15-18)11-13-24(25(23)26)22-10-9-19-14-17(4-2)6-8-20(19)16-22/h11,13,17-20,22H,3-10,12,14-16H2,1-2H3. The zero-order valence-electron chi connectivity index (χ0n) is 16.9. The van der Waals surface area contributed by atoms with Crippen molar-refractivity contribution < 1.29 is 4.39 Å². The third-order valence-electron chi connectivity index (χ3n) is 8.12. The minimum atomic E-state index is 0.183. The number of benzene rings is 1. The molecule has 3 aliphatic carbocycles.